The molecule has 0 saturated heterocycles. The van der Waals surface area contributed by atoms with Crippen molar-refractivity contribution in [3.8, 4) is 22.1 Å². The first-order chi connectivity index (χ1) is 14.0. The first kappa shape index (κ1) is 19.4. The van der Waals surface area contributed by atoms with E-state index in [0.717, 1.165) is 22.7 Å². The molecule has 0 amide bonds. The molecule has 0 fully saturated rings. The molecule has 0 saturated carbocycles. The quantitative estimate of drug-likeness (QED) is 0.441. The van der Waals surface area contributed by atoms with Gasteiger partial charge >= 0.3 is 6.18 Å². The van der Waals surface area contributed by atoms with Gasteiger partial charge in [0.25, 0.3) is 0 Å². The third-order valence-electron chi connectivity index (χ3n) is 3.83. The number of para-hydroxylation sites is 2. The molecule has 4 aromatic rings. The Hall–Kier alpha value is -2.92. The lowest BCUT2D eigenvalue weighted by atomic mass is 10.3. The van der Waals surface area contributed by atoms with Gasteiger partial charge in [-0.25, -0.2) is 0 Å². The molecule has 0 aliphatic carbocycles. The Kier molecular flexibility index (Phi) is 5.24. The van der Waals surface area contributed by atoms with E-state index in [1.807, 2.05) is 35.7 Å². The van der Waals surface area contributed by atoms with Gasteiger partial charge in [0.05, 0.1) is 17.7 Å². The Bertz CT molecular complexity index is 1110. The number of ether oxygens (including phenoxy) is 1. The molecule has 0 aliphatic rings. The van der Waals surface area contributed by atoms with E-state index in [4.69, 9.17) is 4.74 Å². The molecular formula is C18H12F3N5OS2. The molecule has 0 radical (unpaired) electrons. The predicted octanol–water partition coefficient (Wildman–Crippen LogP) is 4.96. The summed E-state index contributed by atoms with van der Waals surface area (Å²) in [5.41, 5.74) is -0.349. The first-order valence-corrected chi connectivity index (χ1v) is 9.88. The van der Waals surface area contributed by atoms with Gasteiger partial charge in [-0.05, 0) is 47.5 Å². The molecular weight excluding hydrogens is 423 g/mol. The number of thiophene rings is 1. The lowest BCUT2D eigenvalue weighted by Crippen LogP contribution is -2.09. The SMILES string of the molecule is COc1ccccc1-n1c(Sc2ccc(C(F)(F)F)nn2)nnc1-c1cccs1. The van der Waals surface area contributed by atoms with Crippen LogP contribution >= 0.6 is 23.1 Å². The van der Waals surface area contributed by atoms with Gasteiger partial charge in [-0.15, -0.1) is 31.7 Å². The number of alkyl halides is 3. The Morgan fingerprint density at radius 1 is 0.966 bits per heavy atom. The zero-order valence-electron chi connectivity index (χ0n) is 14.8. The molecule has 3 heterocycles. The maximum atomic E-state index is 12.7. The Morgan fingerprint density at radius 3 is 2.45 bits per heavy atom. The Labute approximate surface area is 171 Å². The van der Waals surface area contributed by atoms with Crippen LogP contribution in [0.4, 0.5) is 13.2 Å². The van der Waals surface area contributed by atoms with Gasteiger partial charge < -0.3 is 4.74 Å². The zero-order valence-corrected chi connectivity index (χ0v) is 16.4. The number of hydrogen-bond donors (Lipinski definition) is 0. The summed E-state index contributed by atoms with van der Waals surface area (Å²) in [5.74, 6) is 1.19. The number of nitrogens with zero attached hydrogens (tertiary/aromatic N) is 5. The van der Waals surface area contributed by atoms with E-state index >= 15 is 0 Å². The highest BCUT2D eigenvalue weighted by atomic mass is 32.2. The number of methoxy groups -OCH3 is 1. The minimum Gasteiger partial charge on any atom is -0.495 e. The van der Waals surface area contributed by atoms with Crippen molar-refractivity contribution in [3.63, 3.8) is 0 Å². The van der Waals surface area contributed by atoms with Gasteiger partial charge in [-0.2, -0.15) is 13.2 Å². The van der Waals surface area contributed by atoms with Crippen LogP contribution in [0.15, 0.2) is 64.1 Å². The van der Waals surface area contributed by atoms with E-state index in [2.05, 4.69) is 20.4 Å². The van der Waals surface area contributed by atoms with E-state index in [1.165, 1.54) is 17.4 Å². The molecule has 0 bridgehead atoms. The average Bonchev–Trinajstić information content (AvgIpc) is 3.37. The van der Waals surface area contributed by atoms with Crippen LogP contribution in [-0.4, -0.2) is 32.1 Å². The average molecular weight is 435 g/mol. The fraction of sp³-hybridized carbons (Fsp3) is 0.111. The first-order valence-electron chi connectivity index (χ1n) is 8.19. The third-order valence-corrected chi connectivity index (χ3v) is 5.57. The van der Waals surface area contributed by atoms with Crippen molar-refractivity contribution in [2.75, 3.05) is 7.11 Å². The van der Waals surface area contributed by atoms with Crippen molar-refractivity contribution < 1.29 is 17.9 Å². The molecule has 0 N–H and O–H groups in total. The molecule has 0 unspecified atom stereocenters. The zero-order chi connectivity index (χ0) is 20.4. The van der Waals surface area contributed by atoms with E-state index in [0.29, 0.717) is 22.4 Å². The Balaban J connectivity index is 1.78. The normalized spacial score (nSPS) is 11.6. The topological polar surface area (TPSA) is 65.7 Å². The minimum atomic E-state index is -4.54. The highest BCUT2D eigenvalue weighted by Crippen LogP contribution is 2.36. The van der Waals surface area contributed by atoms with E-state index in [1.54, 1.807) is 17.7 Å². The second kappa shape index (κ2) is 7.84. The van der Waals surface area contributed by atoms with Gasteiger partial charge in [0.15, 0.2) is 11.5 Å². The van der Waals surface area contributed by atoms with Gasteiger partial charge in [0.1, 0.15) is 10.8 Å². The Morgan fingerprint density at radius 2 is 1.79 bits per heavy atom. The summed E-state index contributed by atoms with van der Waals surface area (Å²) in [6, 6.07) is 13.3. The summed E-state index contributed by atoms with van der Waals surface area (Å²) in [5, 5.41) is 18.1. The summed E-state index contributed by atoms with van der Waals surface area (Å²) < 4.78 is 45.4. The molecule has 11 heteroatoms. The van der Waals surface area contributed by atoms with E-state index < -0.39 is 11.9 Å². The van der Waals surface area contributed by atoms with Crippen molar-refractivity contribution in [1.82, 2.24) is 25.0 Å². The summed E-state index contributed by atoms with van der Waals surface area (Å²) in [4.78, 5) is 0.883. The molecule has 4 rings (SSSR count). The monoisotopic (exact) mass is 435 g/mol. The third kappa shape index (κ3) is 3.96. The molecule has 1 aromatic carbocycles. The number of halogens is 3. The van der Waals surface area contributed by atoms with Crippen LogP contribution in [0.3, 0.4) is 0 Å². The largest absolute Gasteiger partial charge is 0.495 e. The number of rotatable bonds is 5. The maximum Gasteiger partial charge on any atom is 0.435 e. The van der Waals surface area contributed by atoms with Crippen molar-refractivity contribution in [2.24, 2.45) is 0 Å². The van der Waals surface area contributed by atoms with Crippen molar-refractivity contribution in [2.45, 2.75) is 16.4 Å². The molecule has 6 nitrogen and oxygen atoms in total. The van der Waals surface area contributed by atoms with Crippen LogP contribution in [-0.2, 0) is 6.18 Å². The second-order valence-electron chi connectivity index (χ2n) is 5.65. The fourth-order valence-corrected chi connectivity index (χ4v) is 4.01. The van der Waals surface area contributed by atoms with Crippen molar-refractivity contribution in [3.05, 3.63) is 59.6 Å². The van der Waals surface area contributed by atoms with Gasteiger partial charge in [-0.3, -0.25) is 4.57 Å². The molecule has 29 heavy (non-hydrogen) atoms. The highest BCUT2D eigenvalue weighted by Gasteiger charge is 2.33. The van der Waals surface area contributed by atoms with E-state index in [9.17, 15) is 13.2 Å². The van der Waals surface area contributed by atoms with Gasteiger partial charge in [0, 0.05) is 0 Å². The van der Waals surface area contributed by atoms with Crippen molar-refractivity contribution in [1.29, 1.82) is 0 Å². The van der Waals surface area contributed by atoms with Crippen LogP contribution < -0.4 is 4.74 Å². The van der Waals surface area contributed by atoms with Crippen LogP contribution in [0.25, 0.3) is 16.4 Å². The molecule has 0 atom stereocenters. The van der Waals surface area contributed by atoms with Crippen LogP contribution in [0.5, 0.6) is 5.75 Å². The molecule has 148 valence electrons. The minimum absolute atomic E-state index is 0.263. The van der Waals surface area contributed by atoms with Crippen LogP contribution in [0.2, 0.25) is 0 Å². The molecule has 3 aromatic heterocycles. The standard InChI is InChI=1S/C18H12F3N5OS2/c1-27-12-6-3-2-5-11(12)26-16(13-7-4-10-28-13)24-25-17(26)29-15-9-8-14(22-23-15)18(19,20)21/h2-10H,1H3. The summed E-state index contributed by atoms with van der Waals surface area (Å²) >= 11 is 2.56. The van der Waals surface area contributed by atoms with Gasteiger partial charge in [0.2, 0.25) is 5.16 Å². The highest BCUT2D eigenvalue weighted by molar-refractivity contribution is 7.99. The van der Waals surface area contributed by atoms with E-state index in [-0.39, 0.29) is 5.03 Å². The number of hydrogen-bond acceptors (Lipinski definition) is 7. The summed E-state index contributed by atoms with van der Waals surface area (Å²) in [6.45, 7) is 0. The maximum absolute atomic E-state index is 12.7. The summed E-state index contributed by atoms with van der Waals surface area (Å²) in [7, 11) is 1.56. The number of aromatic nitrogens is 5. The predicted molar refractivity (Wildman–Crippen MR) is 102 cm³/mol. The lowest BCUT2D eigenvalue weighted by molar-refractivity contribution is -0.141. The van der Waals surface area contributed by atoms with Gasteiger partial charge in [-0.1, -0.05) is 18.2 Å². The lowest BCUT2D eigenvalue weighted by Gasteiger charge is -2.13. The van der Waals surface area contributed by atoms with Crippen LogP contribution in [0.1, 0.15) is 5.69 Å². The fourth-order valence-electron chi connectivity index (χ4n) is 2.55. The van der Waals surface area contributed by atoms with Crippen molar-refractivity contribution >= 4 is 23.1 Å². The van der Waals surface area contributed by atoms with Crippen LogP contribution in [0, 0.1) is 0 Å². The number of benzene rings is 1. The smallest absolute Gasteiger partial charge is 0.435 e. The summed E-state index contributed by atoms with van der Waals surface area (Å²) in [6.07, 6.45) is -4.54. The molecule has 0 aliphatic heterocycles. The molecule has 0 spiro atoms. The second-order valence-corrected chi connectivity index (χ2v) is 7.58.